The number of benzene rings is 2. The molecule has 0 aromatic heterocycles. The zero-order valence-corrected chi connectivity index (χ0v) is 11.8. The van der Waals surface area contributed by atoms with Gasteiger partial charge in [-0.15, -0.1) is 0 Å². The Labute approximate surface area is 118 Å². The molecular weight excluding hydrogens is 255 g/mol. The van der Waals surface area contributed by atoms with Crippen molar-refractivity contribution in [2.45, 2.75) is 13.3 Å². The zero-order chi connectivity index (χ0) is 14.5. The maximum atomic E-state index is 13.3. The van der Waals surface area contributed by atoms with Gasteiger partial charge in [-0.2, -0.15) is 0 Å². The zero-order valence-electron chi connectivity index (χ0n) is 11.8. The average Bonchev–Trinajstić information content (AvgIpc) is 2.43. The number of nitrogen functional groups attached to an aromatic ring is 1. The van der Waals surface area contributed by atoms with Gasteiger partial charge in [0.2, 0.25) is 0 Å². The van der Waals surface area contributed by atoms with Crippen LogP contribution in [0.25, 0.3) is 0 Å². The molecule has 0 saturated carbocycles. The van der Waals surface area contributed by atoms with Crippen LogP contribution in [0.3, 0.4) is 0 Å². The van der Waals surface area contributed by atoms with Crippen LogP contribution in [0.15, 0.2) is 42.5 Å². The van der Waals surface area contributed by atoms with Crippen molar-refractivity contribution in [1.82, 2.24) is 0 Å². The first kappa shape index (κ1) is 14.2. The molecule has 2 aromatic carbocycles. The van der Waals surface area contributed by atoms with Crippen LogP contribution in [0.5, 0.6) is 5.75 Å². The molecular formula is C16H19FN2O. The summed E-state index contributed by atoms with van der Waals surface area (Å²) >= 11 is 0. The molecule has 4 heteroatoms. The highest BCUT2D eigenvalue weighted by Crippen LogP contribution is 2.30. The first-order valence-corrected chi connectivity index (χ1v) is 6.63. The van der Waals surface area contributed by atoms with Gasteiger partial charge in [0.05, 0.1) is 6.61 Å². The molecule has 0 amide bonds. The maximum absolute atomic E-state index is 13.3. The molecule has 20 heavy (non-hydrogen) atoms. The van der Waals surface area contributed by atoms with E-state index in [1.807, 2.05) is 37.1 Å². The summed E-state index contributed by atoms with van der Waals surface area (Å²) in [6, 6.07) is 12.0. The second-order valence-corrected chi connectivity index (χ2v) is 4.65. The molecule has 0 radical (unpaired) electrons. The van der Waals surface area contributed by atoms with Crippen LogP contribution in [0.1, 0.15) is 13.3 Å². The first-order valence-electron chi connectivity index (χ1n) is 6.63. The molecule has 106 valence electrons. The van der Waals surface area contributed by atoms with E-state index in [1.165, 1.54) is 12.1 Å². The lowest BCUT2D eigenvalue weighted by atomic mass is 10.2. The summed E-state index contributed by atoms with van der Waals surface area (Å²) in [5.74, 6) is 0.464. The average molecular weight is 274 g/mol. The Morgan fingerprint density at radius 1 is 1.15 bits per heavy atom. The molecule has 2 rings (SSSR count). The van der Waals surface area contributed by atoms with Crippen molar-refractivity contribution < 1.29 is 9.13 Å². The van der Waals surface area contributed by atoms with Gasteiger partial charge in [-0.05, 0) is 30.7 Å². The number of anilines is 3. The third kappa shape index (κ3) is 3.41. The molecule has 2 N–H and O–H groups in total. The summed E-state index contributed by atoms with van der Waals surface area (Å²) in [5, 5.41) is 0. The lowest BCUT2D eigenvalue weighted by Gasteiger charge is -2.21. The molecule has 0 saturated heterocycles. The van der Waals surface area contributed by atoms with Crippen LogP contribution >= 0.6 is 0 Å². The summed E-state index contributed by atoms with van der Waals surface area (Å²) in [6.45, 7) is 2.69. The minimum absolute atomic E-state index is 0.263. The summed E-state index contributed by atoms with van der Waals surface area (Å²) in [4.78, 5) is 1.87. The van der Waals surface area contributed by atoms with Crippen molar-refractivity contribution in [3.63, 3.8) is 0 Å². The van der Waals surface area contributed by atoms with Crippen LogP contribution < -0.4 is 15.4 Å². The van der Waals surface area contributed by atoms with Gasteiger partial charge in [-0.1, -0.05) is 13.0 Å². The van der Waals surface area contributed by atoms with Gasteiger partial charge in [0, 0.05) is 36.2 Å². The predicted octanol–water partition coefficient (Wildman–Crippen LogP) is 3.96. The predicted molar refractivity (Wildman–Crippen MR) is 81.1 cm³/mol. The van der Waals surface area contributed by atoms with Gasteiger partial charge in [0.1, 0.15) is 11.6 Å². The molecule has 0 heterocycles. The first-order chi connectivity index (χ1) is 9.60. The standard InChI is InChI=1S/C16H19FN2O/c1-3-7-20-16-10-13(18)9-15(11-16)19(2)14-6-4-5-12(17)8-14/h4-6,8-11H,3,7,18H2,1-2H3. The Kier molecular flexibility index (Phi) is 4.45. The molecule has 0 aliphatic heterocycles. The minimum Gasteiger partial charge on any atom is -0.493 e. The van der Waals surface area contributed by atoms with E-state index in [0.717, 1.165) is 23.5 Å². The third-order valence-corrected chi connectivity index (χ3v) is 2.97. The molecule has 0 atom stereocenters. The van der Waals surface area contributed by atoms with E-state index >= 15 is 0 Å². The highest BCUT2D eigenvalue weighted by molar-refractivity contribution is 5.68. The summed E-state index contributed by atoms with van der Waals surface area (Å²) in [6.07, 6.45) is 0.934. The van der Waals surface area contributed by atoms with E-state index in [9.17, 15) is 4.39 Å². The van der Waals surface area contributed by atoms with Crippen LogP contribution in [0, 0.1) is 5.82 Å². The highest BCUT2D eigenvalue weighted by atomic mass is 19.1. The van der Waals surface area contributed by atoms with Gasteiger partial charge >= 0.3 is 0 Å². The van der Waals surface area contributed by atoms with Gasteiger partial charge < -0.3 is 15.4 Å². The van der Waals surface area contributed by atoms with E-state index in [4.69, 9.17) is 10.5 Å². The molecule has 0 fully saturated rings. The second-order valence-electron chi connectivity index (χ2n) is 4.65. The van der Waals surface area contributed by atoms with Gasteiger partial charge in [-0.3, -0.25) is 0 Å². The molecule has 0 bridgehead atoms. The fourth-order valence-electron chi connectivity index (χ4n) is 1.94. The quantitative estimate of drug-likeness (QED) is 0.839. The lowest BCUT2D eigenvalue weighted by Crippen LogP contribution is -2.10. The Balaban J connectivity index is 2.29. The molecule has 0 unspecified atom stereocenters. The van der Waals surface area contributed by atoms with E-state index in [1.54, 1.807) is 12.1 Å². The molecule has 0 spiro atoms. The van der Waals surface area contributed by atoms with E-state index in [0.29, 0.717) is 12.3 Å². The summed E-state index contributed by atoms with van der Waals surface area (Å²) in [7, 11) is 1.87. The molecule has 3 nitrogen and oxygen atoms in total. The number of ether oxygens (including phenoxy) is 1. The van der Waals surface area contributed by atoms with Crippen molar-refractivity contribution in [3.8, 4) is 5.75 Å². The van der Waals surface area contributed by atoms with E-state index < -0.39 is 0 Å². The molecule has 0 aliphatic carbocycles. The Bertz CT molecular complexity index is 586. The summed E-state index contributed by atoms with van der Waals surface area (Å²) in [5.41, 5.74) is 8.14. The number of hydrogen-bond donors (Lipinski definition) is 1. The largest absolute Gasteiger partial charge is 0.493 e. The van der Waals surface area contributed by atoms with E-state index in [2.05, 4.69) is 0 Å². The Morgan fingerprint density at radius 3 is 2.65 bits per heavy atom. The smallest absolute Gasteiger partial charge is 0.125 e. The fraction of sp³-hybridized carbons (Fsp3) is 0.250. The van der Waals surface area contributed by atoms with Crippen molar-refractivity contribution in [2.24, 2.45) is 0 Å². The third-order valence-electron chi connectivity index (χ3n) is 2.97. The van der Waals surface area contributed by atoms with Crippen molar-refractivity contribution >= 4 is 17.1 Å². The lowest BCUT2D eigenvalue weighted by molar-refractivity contribution is 0.317. The maximum Gasteiger partial charge on any atom is 0.125 e. The van der Waals surface area contributed by atoms with Crippen molar-refractivity contribution in [3.05, 3.63) is 48.3 Å². The SMILES string of the molecule is CCCOc1cc(N)cc(N(C)c2cccc(F)c2)c1. The normalized spacial score (nSPS) is 10.3. The Hall–Kier alpha value is -2.23. The topological polar surface area (TPSA) is 38.5 Å². The van der Waals surface area contributed by atoms with Crippen molar-refractivity contribution in [2.75, 3.05) is 24.3 Å². The minimum atomic E-state index is -0.263. The number of nitrogens with zero attached hydrogens (tertiary/aromatic N) is 1. The molecule has 2 aromatic rings. The van der Waals surface area contributed by atoms with Crippen molar-refractivity contribution in [1.29, 1.82) is 0 Å². The monoisotopic (exact) mass is 274 g/mol. The second kappa shape index (κ2) is 6.28. The number of nitrogens with two attached hydrogens (primary N) is 1. The van der Waals surface area contributed by atoms with Crippen LogP contribution in [0.4, 0.5) is 21.5 Å². The number of rotatable bonds is 5. The Morgan fingerprint density at radius 2 is 1.95 bits per heavy atom. The van der Waals surface area contributed by atoms with E-state index in [-0.39, 0.29) is 5.82 Å². The number of halogens is 1. The molecule has 0 aliphatic rings. The number of hydrogen-bond acceptors (Lipinski definition) is 3. The van der Waals surface area contributed by atoms with Gasteiger partial charge in [-0.25, -0.2) is 4.39 Å². The van der Waals surface area contributed by atoms with Gasteiger partial charge in [0.25, 0.3) is 0 Å². The van der Waals surface area contributed by atoms with Gasteiger partial charge in [0.15, 0.2) is 0 Å². The highest BCUT2D eigenvalue weighted by Gasteiger charge is 2.08. The van der Waals surface area contributed by atoms with Crippen LogP contribution in [0.2, 0.25) is 0 Å². The fourth-order valence-corrected chi connectivity index (χ4v) is 1.94. The summed E-state index contributed by atoms with van der Waals surface area (Å²) < 4.78 is 18.9. The van der Waals surface area contributed by atoms with Crippen LogP contribution in [-0.2, 0) is 0 Å². The van der Waals surface area contributed by atoms with Crippen LogP contribution in [-0.4, -0.2) is 13.7 Å².